The zero-order valence-electron chi connectivity index (χ0n) is 20.8. The molecule has 184 valence electrons. The van der Waals surface area contributed by atoms with Crippen LogP contribution in [0.5, 0.6) is 17.2 Å². The molecule has 3 rings (SSSR count). The third kappa shape index (κ3) is 5.49. The maximum absolute atomic E-state index is 12.7. The molecule has 0 aliphatic carbocycles. The Hall–Kier alpha value is -4.19. The number of ether oxygens (including phenoxy) is 3. The molecule has 0 aliphatic heterocycles. The minimum Gasteiger partial charge on any atom is -0.493 e. The number of aromatic amines is 1. The highest BCUT2D eigenvalue weighted by atomic mass is 16.5. The van der Waals surface area contributed by atoms with Crippen molar-refractivity contribution >= 4 is 28.4 Å². The van der Waals surface area contributed by atoms with Gasteiger partial charge in [-0.05, 0) is 17.7 Å². The monoisotopic (exact) mass is 478 g/mol. The molecular formula is C26H30N4O5. The Balaban J connectivity index is 1.91. The number of hydrogen-bond acceptors (Lipinski definition) is 7. The number of carbonyl (C=O) groups is 1. The van der Waals surface area contributed by atoms with Crippen molar-refractivity contribution in [1.82, 2.24) is 9.97 Å². The molecule has 0 radical (unpaired) electrons. The van der Waals surface area contributed by atoms with Crippen molar-refractivity contribution in [2.24, 2.45) is 5.41 Å². The number of aromatic nitrogens is 2. The summed E-state index contributed by atoms with van der Waals surface area (Å²) in [5.74, 6) is 3.97. The Bertz CT molecular complexity index is 1350. The van der Waals surface area contributed by atoms with Crippen molar-refractivity contribution in [3.05, 3.63) is 45.7 Å². The fourth-order valence-corrected chi connectivity index (χ4v) is 3.50. The highest BCUT2D eigenvalue weighted by Crippen LogP contribution is 2.44. The van der Waals surface area contributed by atoms with Gasteiger partial charge in [-0.1, -0.05) is 26.8 Å². The van der Waals surface area contributed by atoms with Gasteiger partial charge in [-0.15, -0.1) is 12.3 Å². The fourth-order valence-electron chi connectivity index (χ4n) is 3.50. The number of rotatable bonds is 8. The maximum atomic E-state index is 12.7. The van der Waals surface area contributed by atoms with Gasteiger partial charge < -0.3 is 19.5 Å². The number of methoxy groups -OCH3 is 3. The summed E-state index contributed by atoms with van der Waals surface area (Å²) in [6.45, 7) is 5.74. The Morgan fingerprint density at radius 3 is 2.43 bits per heavy atom. The average molecular weight is 479 g/mol. The van der Waals surface area contributed by atoms with Gasteiger partial charge in [-0.2, -0.15) is 0 Å². The average Bonchev–Trinajstić information content (AvgIpc) is 2.82. The molecule has 1 heterocycles. The number of hydrogen-bond donors (Lipinski definition) is 3. The molecule has 0 bridgehead atoms. The molecule has 0 spiro atoms. The lowest BCUT2D eigenvalue weighted by atomic mass is 9.96. The first-order chi connectivity index (χ1) is 16.6. The van der Waals surface area contributed by atoms with Gasteiger partial charge in [0.2, 0.25) is 17.6 Å². The summed E-state index contributed by atoms with van der Waals surface area (Å²) in [5, 5.41) is 6.42. The quantitative estimate of drug-likeness (QED) is 0.423. The van der Waals surface area contributed by atoms with Gasteiger partial charge in [0.05, 0.1) is 32.2 Å². The number of fused-ring (bicyclic) bond motifs is 1. The molecule has 3 aromatic rings. The molecule has 0 saturated carbocycles. The summed E-state index contributed by atoms with van der Waals surface area (Å²) < 4.78 is 16.5. The minimum absolute atomic E-state index is 0.115. The van der Waals surface area contributed by atoms with Crippen molar-refractivity contribution in [1.29, 1.82) is 0 Å². The van der Waals surface area contributed by atoms with Crippen LogP contribution in [0.1, 0.15) is 31.9 Å². The molecule has 0 saturated heterocycles. The van der Waals surface area contributed by atoms with E-state index in [4.69, 9.17) is 20.6 Å². The molecular weight excluding hydrogens is 448 g/mol. The van der Waals surface area contributed by atoms with Crippen molar-refractivity contribution in [2.45, 2.75) is 33.7 Å². The number of carbonyl (C=O) groups excluding carboxylic acids is 1. The summed E-state index contributed by atoms with van der Waals surface area (Å²) in [6, 6.07) is 7.15. The van der Waals surface area contributed by atoms with E-state index < -0.39 is 5.41 Å². The summed E-state index contributed by atoms with van der Waals surface area (Å²) in [7, 11) is 4.62. The summed E-state index contributed by atoms with van der Waals surface area (Å²) in [6.07, 6.45) is 5.91. The Labute approximate surface area is 204 Å². The number of nitrogens with one attached hydrogen (secondary N) is 3. The van der Waals surface area contributed by atoms with Crippen LogP contribution in [-0.4, -0.2) is 37.2 Å². The lowest BCUT2D eigenvalue weighted by Gasteiger charge is -2.19. The fraction of sp³-hybridized carbons (Fsp3) is 0.346. The Morgan fingerprint density at radius 1 is 1.11 bits per heavy atom. The van der Waals surface area contributed by atoms with Gasteiger partial charge >= 0.3 is 0 Å². The van der Waals surface area contributed by atoms with Crippen molar-refractivity contribution in [2.75, 3.05) is 32.0 Å². The second-order valence-corrected chi connectivity index (χ2v) is 8.88. The van der Waals surface area contributed by atoms with E-state index in [1.54, 1.807) is 53.2 Å². The largest absolute Gasteiger partial charge is 0.493 e. The molecule has 0 atom stereocenters. The minimum atomic E-state index is -0.617. The van der Waals surface area contributed by atoms with Crippen LogP contribution >= 0.6 is 0 Å². The SMILES string of the molecule is C#CCc1c(NCc2ccc3nc(NC(=O)C(C)(C)C)[nH]c(=O)c3c2)cc(OC)c(OC)c1OC. The zero-order chi connectivity index (χ0) is 25.8. The number of nitrogens with zero attached hydrogens (tertiary/aromatic N) is 1. The van der Waals surface area contributed by atoms with Crippen LogP contribution in [0.15, 0.2) is 29.1 Å². The number of amides is 1. The van der Waals surface area contributed by atoms with E-state index in [1.165, 1.54) is 7.11 Å². The van der Waals surface area contributed by atoms with E-state index in [0.717, 1.165) is 16.8 Å². The maximum Gasteiger partial charge on any atom is 0.260 e. The lowest BCUT2D eigenvalue weighted by molar-refractivity contribution is -0.123. The lowest BCUT2D eigenvalue weighted by Crippen LogP contribution is -2.29. The third-order valence-electron chi connectivity index (χ3n) is 5.38. The molecule has 9 heteroatoms. The van der Waals surface area contributed by atoms with Crippen molar-refractivity contribution < 1.29 is 19.0 Å². The highest BCUT2D eigenvalue weighted by Gasteiger charge is 2.22. The second kappa shape index (κ2) is 10.4. The van der Waals surface area contributed by atoms with Gasteiger partial charge in [-0.3, -0.25) is 19.9 Å². The standard InChI is InChI=1S/C26H30N4O5/c1-8-9-16-19(13-20(33-5)22(35-7)21(16)34-6)27-14-15-10-11-18-17(12-15)23(31)29-25(28-18)30-24(32)26(2,3)4/h1,10-13,27H,9,14H2,2-7H3,(H2,28,29,30,31,32). The summed E-state index contributed by atoms with van der Waals surface area (Å²) >= 11 is 0. The first-order valence-corrected chi connectivity index (χ1v) is 11.0. The van der Waals surface area contributed by atoms with Crippen molar-refractivity contribution in [3.63, 3.8) is 0 Å². The number of anilines is 2. The second-order valence-electron chi connectivity index (χ2n) is 8.88. The normalized spacial score (nSPS) is 11.0. The van der Waals surface area contributed by atoms with Gasteiger partial charge in [0.1, 0.15) is 0 Å². The van der Waals surface area contributed by atoms with Crippen molar-refractivity contribution in [3.8, 4) is 29.6 Å². The van der Waals surface area contributed by atoms with Crippen LogP contribution < -0.4 is 30.4 Å². The molecule has 1 amide bonds. The smallest absolute Gasteiger partial charge is 0.260 e. The van der Waals surface area contributed by atoms with Crippen LogP contribution in [0.4, 0.5) is 11.6 Å². The number of H-pyrrole nitrogens is 1. The topological polar surface area (TPSA) is 115 Å². The van der Waals surface area contributed by atoms with Crippen LogP contribution in [0.3, 0.4) is 0 Å². The van der Waals surface area contributed by atoms with Crippen LogP contribution in [0.2, 0.25) is 0 Å². The van der Waals surface area contributed by atoms with E-state index in [9.17, 15) is 9.59 Å². The van der Waals surface area contributed by atoms with Gasteiger partial charge in [-0.25, -0.2) is 4.98 Å². The first kappa shape index (κ1) is 25.4. The highest BCUT2D eigenvalue weighted by molar-refractivity contribution is 5.93. The van der Waals surface area contributed by atoms with E-state index in [2.05, 4.69) is 26.5 Å². The van der Waals surface area contributed by atoms with Gasteiger partial charge in [0.25, 0.3) is 5.56 Å². The summed E-state index contributed by atoms with van der Waals surface area (Å²) in [5.41, 5.74) is 1.84. The molecule has 9 nitrogen and oxygen atoms in total. The number of benzene rings is 2. The molecule has 0 unspecified atom stereocenters. The zero-order valence-corrected chi connectivity index (χ0v) is 20.8. The van der Waals surface area contributed by atoms with E-state index in [0.29, 0.717) is 41.1 Å². The molecule has 0 aliphatic rings. The van der Waals surface area contributed by atoms with Crippen LogP contribution in [0, 0.1) is 17.8 Å². The molecule has 3 N–H and O–H groups in total. The Kier molecular flexibility index (Phi) is 7.55. The summed E-state index contributed by atoms with van der Waals surface area (Å²) in [4.78, 5) is 31.9. The van der Waals surface area contributed by atoms with E-state index in [-0.39, 0.29) is 17.4 Å². The van der Waals surface area contributed by atoms with E-state index in [1.807, 2.05) is 6.07 Å². The third-order valence-corrected chi connectivity index (χ3v) is 5.38. The van der Waals surface area contributed by atoms with Gasteiger partial charge in [0.15, 0.2) is 11.5 Å². The van der Waals surface area contributed by atoms with Crippen LogP contribution in [-0.2, 0) is 17.8 Å². The van der Waals surface area contributed by atoms with E-state index >= 15 is 0 Å². The van der Waals surface area contributed by atoms with Crippen LogP contribution in [0.25, 0.3) is 10.9 Å². The predicted octanol–water partition coefficient (Wildman–Crippen LogP) is 3.72. The first-order valence-electron chi connectivity index (χ1n) is 11.0. The molecule has 0 fully saturated rings. The molecule has 1 aromatic heterocycles. The molecule has 2 aromatic carbocycles. The number of terminal acetylenes is 1. The Morgan fingerprint density at radius 2 is 1.83 bits per heavy atom. The molecule has 35 heavy (non-hydrogen) atoms. The van der Waals surface area contributed by atoms with Gasteiger partial charge in [0, 0.05) is 35.7 Å². The predicted molar refractivity (Wildman–Crippen MR) is 136 cm³/mol.